The van der Waals surface area contributed by atoms with Gasteiger partial charge >= 0.3 is 5.76 Å². The van der Waals surface area contributed by atoms with Crippen LogP contribution in [-0.4, -0.2) is 68.4 Å². The number of nitrogens with one attached hydrogen (secondary N) is 1. The van der Waals surface area contributed by atoms with Gasteiger partial charge in [-0.05, 0) is 45.0 Å². The van der Waals surface area contributed by atoms with Crippen molar-refractivity contribution < 1.29 is 17.6 Å². The number of aromatic nitrogens is 1. The summed E-state index contributed by atoms with van der Waals surface area (Å²) in [5.41, 5.74) is 0.802. The normalized spacial score (nSPS) is 16.6. The molecule has 0 spiro atoms. The number of nitrogens with zero attached hydrogens (tertiary/aromatic N) is 3. The van der Waals surface area contributed by atoms with Gasteiger partial charge < -0.3 is 14.6 Å². The summed E-state index contributed by atoms with van der Waals surface area (Å²) >= 11 is 0. The third-order valence-electron chi connectivity index (χ3n) is 5.33. The first kappa shape index (κ1) is 21.5. The molecule has 1 N–H and O–H groups in total. The lowest BCUT2D eigenvalue weighted by molar-refractivity contribution is -0.122. The van der Waals surface area contributed by atoms with E-state index in [1.165, 1.54) is 21.0 Å². The second-order valence-corrected chi connectivity index (χ2v) is 9.70. The SMILES string of the molecule is CN(C)CCNC(=O)CC1CCN(S(=O)(=O)c2ccc3c(c2)oc(=O)n3C)CC1. The predicted molar refractivity (Wildman–Crippen MR) is 109 cm³/mol. The Morgan fingerprint density at radius 1 is 1.28 bits per heavy atom. The average molecular weight is 425 g/mol. The summed E-state index contributed by atoms with van der Waals surface area (Å²) in [6, 6.07) is 4.48. The number of likely N-dealkylation sites (N-methyl/N-ethyl adjacent to an activating group) is 1. The van der Waals surface area contributed by atoms with Crippen LogP contribution in [0.25, 0.3) is 11.1 Å². The topological polar surface area (TPSA) is 105 Å². The van der Waals surface area contributed by atoms with Gasteiger partial charge in [0.05, 0.1) is 10.4 Å². The van der Waals surface area contributed by atoms with Gasteiger partial charge in [0.1, 0.15) is 0 Å². The quantitative estimate of drug-likeness (QED) is 0.698. The Labute approximate surface area is 170 Å². The first-order valence-corrected chi connectivity index (χ1v) is 11.1. The zero-order chi connectivity index (χ0) is 21.2. The first-order chi connectivity index (χ1) is 13.7. The van der Waals surface area contributed by atoms with Gasteiger partial charge in [-0.15, -0.1) is 0 Å². The standard InChI is InChI=1S/C19H28N4O5S/c1-21(2)11-8-20-18(24)12-14-6-9-23(10-7-14)29(26,27)15-4-5-16-17(13-15)28-19(25)22(16)3/h4-5,13-14H,6-12H2,1-3H3,(H,20,24). The van der Waals surface area contributed by atoms with Crippen molar-refractivity contribution >= 4 is 27.0 Å². The Kier molecular flexibility index (Phi) is 6.45. The Morgan fingerprint density at radius 3 is 2.62 bits per heavy atom. The zero-order valence-corrected chi connectivity index (χ0v) is 17.9. The predicted octanol–water partition coefficient (Wildman–Crippen LogP) is 0.600. The van der Waals surface area contributed by atoms with Crippen LogP contribution >= 0.6 is 0 Å². The molecule has 0 radical (unpaired) electrons. The summed E-state index contributed by atoms with van der Waals surface area (Å²) in [6.07, 6.45) is 1.70. The van der Waals surface area contributed by atoms with Crippen molar-refractivity contribution in [2.45, 2.75) is 24.2 Å². The van der Waals surface area contributed by atoms with Crippen LogP contribution in [0.1, 0.15) is 19.3 Å². The van der Waals surface area contributed by atoms with E-state index in [2.05, 4.69) is 5.32 Å². The van der Waals surface area contributed by atoms with E-state index in [1.54, 1.807) is 13.1 Å². The van der Waals surface area contributed by atoms with Gasteiger partial charge in [-0.3, -0.25) is 9.36 Å². The number of fused-ring (bicyclic) bond motifs is 1. The van der Waals surface area contributed by atoms with E-state index in [9.17, 15) is 18.0 Å². The van der Waals surface area contributed by atoms with Crippen LogP contribution in [0.4, 0.5) is 0 Å². The molecule has 0 atom stereocenters. The maximum atomic E-state index is 13.0. The Balaban J connectivity index is 1.60. The van der Waals surface area contributed by atoms with Crippen LogP contribution in [0.15, 0.2) is 32.3 Å². The number of hydrogen-bond acceptors (Lipinski definition) is 6. The van der Waals surface area contributed by atoms with Crippen LogP contribution in [0.2, 0.25) is 0 Å². The Bertz CT molecular complexity index is 1030. The molecule has 160 valence electrons. The van der Waals surface area contributed by atoms with Gasteiger partial charge in [0, 0.05) is 45.7 Å². The van der Waals surface area contributed by atoms with Crippen molar-refractivity contribution in [2.24, 2.45) is 13.0 Å². The Hall–Kier alpha value is -2.17. The number of carbonyl (C=O) groups is 1. The number of hydrogen-bond donors (Lipinski definition) is 1. The Morgan fingerprint density at radius 2 is 1.97 bits per heavy atom. The molecule has 1 saturated heterocycles. The summed E-state index contributed by atoms with van der Waals surface area (Å²) < 4.78 is 33.8. The lowest BCUT2D eigenvalue weighted by Gasteiger charge is -2.31. The highest BCUT2D eigenvalue weighted by Gasteiger charge is 2.30. The van der Waals surface area contributed by atoms with Gasteiger partial charge in [-0.2, -0.15) is 4.31 Å². The monoisotopic (exact) mass is 424 g/mol. The van der Waals surface area contributed by atoms with Gasteiger partial charge in [-0.25, -0.2) is 13.2 Å². The van der Waals surface area contributed by atoms with E-state index in [-0.39, 0.29) is 22.3 Å². The van der Waals surface area contributed by atoms with Gasteiger partial charge in [0.15, 0.2) is 5.58 Å². The van der Waals surface area contributed by atoms with Crippen molar-refractivity contribution in [1.29, 1.82) is 0 Å². The molecule has 1 aromatic heterocycles. The molecule has 1 aliphatic heterocycles. The van der Waals surface area contributed by atoms with Crippen LogP contribution in [0.3, 0.4) is 0 Å². The fourth-order valence-electron chi connectivity index (χ4n) is 3.53. The number of amides is 1. The van der Waals surface area contributed by atoms with Gasteiger partial charge in [0.2, 0.25) is 15.9 Å². The fourth-order valence-corrected chi connectivity index (χ4v) is 5.02. The van der Waals surface area contributed by atoms with E-state index >= 15 is 0 Å². The second-order valence-electron chi connectivity index (χ2n) is 7.76. The molecule has 0 unspecified atom stereocenters. The summed E-state index contributed by atoms with van der Waals surface area (Å²) in [6.45, 7) is 2.13. The number of rotatable bonds is 7. The van der Waals surface area contributed by atoms with Crippen LogP contribution < -0.4 is 11.1 Å². The maximum Gasteiger partial charge on any atom is 0.419 e. The number of carbonyl (C=O) groups excluding carboxylic acids is 1. The van der Waals surface area contributed by atoms with E-state index in [1.807, 2.05) is 19.0 Å². The summed E-state index contributed by atoms with van der Waals surface area (Å²) in [7, 11) is 1.80. The molecule has 1 amide bonds. The van der Waals surface area contributed by atoms with Crippen molar-refractivity contribution in [3.63, 3.8) is 0 Å². The smallest absolute Gasteiger partial charge is 0.408 e. The molecule has 0 bridgehead atoms. The molecule has 0 aliphatic carbocycles. The summed E-state index contributed by atoms with van der Waals surface area (Å²) in [5, 5.41) is 2.90. The molecular weight excluding hydrogens is 396 g/mol. The zero-order valence-electron chi connectivity index (χ0n) is 17.1. The lowest BCUT2D eigenvalue weighted by atomic mass is 9.94. The van der Waals surface area contributed by atoms with Crippen LogP contribution in [0, 0.1) is 5.92 Å². The third kappa shape index (κ3) is 4.88. The second kappa shape index (κ2) is 8.68. The molecule has 2 aromatic rings. The minimum absolute atomic E-state index is 0.0118. The minimum Gasteiger partial charge on any atom is -0.408 e. The van der Waals surface area contributed by atoms with Crippen molar-refractivity contribution in [2.75, 3.05) is 40.3 Å². The number of sulfonamides is 1. The number of piperidine rings is 1. The molecule has 2 heterocycles. The van der Waals surface area contributed by atoms with E-state index in [0.29, 0.717) is 44.4 Å². The lowest BCUT2D eigenvalue weighted by Crippen LogP contribution is -2.40. The molecule has 9 nitrogen and oxygen atoms in total. The van der Waals surface area contributed by atoms with Crippen LogP contribution in [0.5, 0.6) is 0 Å². The van der Waals surface area contributed by atoms with E-state index in [4.69, 9.17) is 4.42 Å². The third-order valence-corrected chi connectivity index (χ3v) is 7.22. The van der Waals surface area contributed by atoms with Crippen molar-refractivity contribution in [3.8, 4) is 0 Å². The first-order valence-electron chi connectivity index (χ1n) is 9.69. The highest BCUT2D eigenvalue weighted by atomic mass is 32.2. The minimum atomic E-state index is -3.68. The maximum absolute atomic E-state index is 13.0. The molecule has 1 aromatic carbocycles. The summed E-state index contributed by atoms with van der Waals surface area (Å²) in [5.74, 6) is -0.340. The van der Waals surface area contributed by atoms with Crippen molar-refractivity contribution in [1.82, 2.24) is 19.1 Å². The fraction of sp³-hybridized carbons (Fsp3) is 0.579. The largest absolute Gasteiger partial charge is 0.419 e. The van der Waals surface area contributed by atoms with Crippen LogP contribution in [-0.2, 0) is 21.9 Å². The highest BCUT2D eigenvalue weighted by Crippen LogP contribution is 2.27. The van der Waals surface area contributed by atoms with Gasteiger partial charge in [0.25, 0.3) is 0 Å². The number of aryl methyl sites for hydroxylation is 1. The molecule has 1 aliphatic rings. The van der Waals surface area contributed by atoms with Crippen molar-refractivity contribution in [3.05, 3.63) is 28.7 Å². The molecule has 3 rings (SSSR count). The molecule has 10 heteroatoms. The molecular formula is C19H28N4O5S. The summed E-state index contributed by atoms with van der Waals surface area (Å²) in [4.78, 5) is 25.8. The molecule has 0 saturated carbocycles. The molecule has 1 fully saturated rings. The highest BCUT2D eigenvalue weighted by molar-refractivity contribution is 7.89. The average Bonchev–Trinajstić information content (AvgIpc) is 2.95. The number of benzene rings is 1. The van der Waals surface area contributed by atoms with E-state index in [0.717, 1.165) is 6.54 Å². The van der Waals surface area contributed by atoms with Gasteiger partial charge in [-0.1, -0.05) is 0 Å². The molecule has 29 heavy (non-hydrogen) atoms. The van der Waals surface area contributed by atoms with E-state index < -0.39 is 15.8 Å². The number of oxazole rings is 1.